The van der Waals surface area contributed by atoms with E-state index in [-0.39, 0.29) is 5.75 Å². The van der Waals surface area contributed by atoms with Gasteiger partial charge < -0.3 is 5.32 Å². The van der Waals surface area contributed by atoms with Crippen LogP contribution < -0.4 is 10.5 Å². The van der Waals surface area contributed by atoms with Crippen LogP contribution in [0, 0.1) is 0 Å². The van der Waals surface area contributed by atoms with Gasteiger partial charge in [0.25, 0.3) is 0 Å². The van der Waals surface area contributed by atoms with E-state index in [4.69, 9.17) is 5.14 Å². The maximum atomic E-state index is 10.5. The molecular formula is C7H11N3O2S. The Balaban J connectivity index is 2.37. The highest BCUT2D eigenvalue weighted by atomic mass is 32.2. The number of anilines is 1. The molecule has 0 bridgehead atoms. The molecule has 0 atom stereocenters. The van der Waals surface area contributed by atoms with Crippen LogP contribution in [0.1, 0.15) is 0 Å². The Kier molecular flexibility index (Phi) is 3.21. The molecular weight excluding hydrogens is 190 g/mol. The van der Waals surface area contributed by atoms with Gasteiger partial charge in [-0.15, -0.1) is 0 Å². The molecule has 0 aliphatic rings. The van der Waals surface area contributed by atoms with E-state index < -0.39 is 10.0 Å². The predicted octanol–water partition coefficient (Wildman–Crippen LogP) is -0.218. The van der Waals surface area contributed by atoms with Crippen molar-refractivity contribution in [2.75, 3.05) is 17.6 Å². The molecule has 1 rings (SSSR count). The molecule has 1 aromatic heterocycles. The molecule has 0 radical (unpaired) electrons. The minimum absolute atomic E-state index is 0.0741. The molecule has 72 valence electrons. The minimum Gasteiger partial charge on any atom is -0.384 e. The van der Waals surface area contributed by atoms with Crippen LogP contribution in [0.5, 0.6) is 0 Å². The lowest BCUT2D eigenvalue weighted by atomic mass is 10.4. The largest absolute Gasteiger partial charge is 0.384 e. The number of nitrogens with two attached hydrogens (primary N) is 1. The quantitative estimate of drug-likeness (QED) is 0.705. The van der Waals surface area contributed by atoms with Crippen LogP contribution in [0.4, 0.5) is 5.69 Å². The van der Waals surface area contributed by atoms with Crippen molar-refractivity contribution in [1.29, 1.82) is 0 Å². The molecule has 0 unspecified atom stereocenters. The van der Waals surface area contributed by atoms with Crippen molar-refractivity contribution in [3.05, 3.63) is 24.5 Å². The van der Waals surface area contributed by atoms with Gasteiger partial charge in [-0.25, -0.2) is 13.6 Å². The van der Waals surface area contributed by atoms with Gasteiger partial charge in [-0.1, -0.05) is 0 Å². The first-order valence-electron chi connectivity index (χ1n) is 3.72. The summed E-state index contributed by atoms with van der Waals surface area (Å²) in [6.07, 6.45) is 3.25. The van der Waals surface area contributed by atoms with Crippen LogP contribution in [0.3, 0.4) is 0 Å². The third-order valence-corrected chi connectivity index (χ3v) is 2.17. The first-order chi connectivity index (χ1) is 6.08. The lowest BCUT2D eigenvalue weighted by Gasteiger charge is -2.03. The van der Waals surface area contributed by atoms with Crippen molar-refractivity contribution >= 4 is 15.7 Å². The Bertz CT molecular complexity index is 349. The van der Waals surface area contributed by atoms with E-state index in [0.29, 0.717) is 6.54 Å². The number of hydrogen-bond acceptors (Lipinski definition) is 4. The predicted molar refractivity (Wildman–Crippen MR) is 50.7 cm³/mol. The summed E-state index contributed by atoms with van der Waals surface area (Å²) in [6.45, 7) is 0.308. The molecule has 0 fully saturated rings. The second kappa shape index (κ2) is 4.20. The second-order valence-corrected chi connectivity index (χ2v) is 4.26. The molecule has 1 heterocycles. The summed E-state index contributed by atoms with van der Waals surface area (Å²) in [5.74, 6) is -0.0741. The Hall–Kier alpha value is -1.14. The van der Waals surface area contributed by atoms with Crippen LogP contribution in [0.25, 0.3) is 0 Å². The van der Waals surface area contributed by atoms with Gasteiger partial charge in [0, 0.05) is 24.6 Å². The average Bonchev–Trinajstić information content (AvgIpc) is 2.04. The zero-order chi connectivity index (χ0) is 9.73. The average molecular weight is 201 g/mol. The molecule has 1 aromatic rings. The van der Waals surface area contributed by atoms with Crippen LogP contribution in [0.15, 0.2) is 24.5 Å². The van der Waals surface area contributed by atoms with Crippen molar-refractivity contribution < 1.29 is 8.42 Å². The van der Waals surface area contributed by atoms with E-state index in [1.54, 1.807) is 24.5 Å². The van der Waals surface area contributed by atoms with Gasteiger partial charge in [0.2, 0.25) is 10.0 Å². The molecule has 0 spiro atoms. The first-order valence-corrected chi connectivity index (χ1v) is 5.44. The number of nitrogens with one attached hydrogen (secondary N) is 1. The summed E-state index contributed by atoms with van der Waals surface area (Å²) in [4.78, 5) is 3.82. The van der Waals surface area contributed by atoms with Crippen molar-refractivity contribution in [2.45, 2.75) is 0 Å². The number of nitrogens with zero attached hydrogens (tertiary/aromatic N) is 1. The van der Waals surface area contributed by atoms with Gasteiger partial charge in [0.15, 0.2) is 0 Å². The van der Waals surface area contributed by atoms with E-state index >= 15 is 0 Å². The molecule has 3 N–H and O–H groups in total. The summed E-state index contributed by atoms with van der Waals surface area (Å²) < 4.78 is 21.1. The normalized spacial score (nSPS) is 11.2. The maximum Gasteiger partial charge on any atom is 0.210 e. The highest BCUT2D eigenvalue weighted by molar-refractivity contribution is 7.89. The fraction of sp³-hybridized carbons (Fsp3) is 0.286. The number of primary sulfonamides is 1. The summed E-state index contributed by atoms with van der Waals surface area (Å²) in [7, 11) is -3.37. The molecule has 0 aromatic carbocycles. The fourth-order valence-electron chi connectivity index (χ4n) is 0.807. The highest BCUT2D eigenvalue weighted by Crippen LogP contribution is 2.01. The number of rotatable bonds is 4. The zero-order valence-electron chi connectivity index (χ0n) is 6.97. The van der Waals surface area contributed by atoms with Gasteiger partial charge in [-0.2, -0.15) is 0 Å². The second-order valence-electron chi connectivity index (χ2n) is 2.53. The first kappa shape index (κ1) is 9.94. The third-order valence-electron chi connectivity index (χ3n) is 1.40. The van der Waals surface area contributed by atoms with Crippen molar-refractivity contribution in [1.82, 2.24) is 4.98 Å². The Labute approximate surface area is 77.0 Å². The Morgan fingerprint density at radius 1 is 1.38 bits per heavy atom. The van der Waals surface area contributed by atoms with Crippen LogP contribution in [-0.2, 0) is 10.0 Å². The van der Waals surface area contributed by atoms with E-state index in [1.807, 2.05) is 0 Å². The van der Waals surface area contributed by atoms with Gasteiger partial charge in [0.05, 0.1) is 5.75 Å². The number of sulfonamides is 1. The van der Waals surface area contributed by atoms with Crippen molar-refractivity contribution in [2.24, 2.45) is 5.14 Å². The minimum atomic E-state index is -3.37. The van der Waals surface area contributed by atoms with E-state index in [1.165, 1.54) is 0 Å². The smallest absolute Gasteiger partial charge is 0.210 e. The summed E-state index contributed by atoms with van der Waals surface area (Å²) in [6, 6.07) is 3.51. The summed E-state index contributed by atoms with van der Waals surface area (Å²) in [5.41, 5.74) is 0.832. The molecule has 5 nitrogen and oxygen atoms in total. The van der Waals surface area contributed by atoms with E-state index in [9.17, 15) is 8.42 Å². The van der Waals surface area contributed by atoms with Crippen molar-refractivity contribution in [3.8, 4) is 0 Å². The van der Waals surface area contributed by atoms with Crippen LogP contribution in [-0.4, -0.2) is 25.7 Å². The molecule has 0 aliphatic carbocycles. The number of pyridine rings is 1. The monoisotopic (exact) mass is 201 g/mol. The highest BCUT2D eigenvalue weighted by Gasteiger charge is 2.00. The van der Waals surface area contributed by atoms with Gasteiger partial charge in [-0.3, -0.25) is 4.98 Å². The molecule has 13 heavy (non-hydrogen) atoms. The number of hydrogen-bond donors (Lipinski definition) is 2. The fourth-order valence-corrected chi connectivity index (χ4v) is 1.19. The summed E-state index contributed by atoms with van der Waals surface area (Å²) in [5, 5.41) is 7.72. The molecule has 6 heteroatoms. The van der Waals surface area contributed by atoms with Crippen LogP contribution in [0.2, 0.25) is 0 Å². The standard InChI is InChI=1S/C7H11N3O2S/c8-13(11,12)6-5-10-7-1-3-9-4-2-7/h1-4H,5-6H2,(H,9,10)(H2,8,11,12). The topological polar surface area (TPSA) is 85.1 Å². The molecule has 0 amide bonds. The lowest BCUT2D eigenvalue weighted by Crippen LogP contribution is -2.22. The zero-order valence-corrected chi connectivity index (χ0v) is 7.79. The van der Waals surface area contributed by atoms with Crippen molar-refractivity contribution in [3.63, 3.8) is 0 Å². The Morgan fingerprint density at radius 3 is 2.54 bits per heavy atom. The number of aromatic nitrogens is 1. The third kappa shape index (κ3) is 4.44. The van der Waals surface area contributed by atoms with Gasteiger partial charge in [-0.05, 0) is 12.1 Å². The maximum absolute atomic E-state index is 10.5. The molecule has 0 saturated heterocycles. The lowest BCUT2D eigenvalue weighted by molar-refractivity contribution is 0.598. The van der Waals surface area contributed by atoms with Gasteiger partial charge >= 0.3 is 0 Å². The SMILES string of the molecule is NS(=O)(=O)CCNc1ccncc1. The van der Waals surface area contributed by atoms with E-state index in [2.05, 4.69) is 10.3 Å². The van der Waals surface area contributed by atoms with Crippen LogP contribution >= 0.6 is 0 Å². The summed E-state index contributed by atoms with van der Waals surface area (Å²) >= 11 is 0. The Morgan fingerprint density at radius 2 is 2.00 bits per heavy atom. The molecule has 0 aliphatic heterocycles. The molecule has 0 saturated carbocycles. The van der Waals surface area contributed by atoms with Gasteiger partial charge in [0.1, 0.15) is 0 Å². The van der Waals surface area contributed by atoms with E-state index in [0.717, 1.165) is 5.69 Å².